The number of hydrogen-bond donors (Lipinski definition) is 2. The third-order valence-electron chi connectivity index (χ3n) is 1.83. The number of aromatic amines is 1. The summed E-state index contributed by atoms with van der Waals surface area (Å²) in [6.45, 7) is 0. The van der Waals surface area contributed by atoms with Crippen molar-refractivity contribution in [3.8, 4) is 0 Å². The Bertz CT molecular complexity index is 621. The molecule has 0 fully saturated rings. The maximum absolute atomic E-state index is 12.4. The second-order valence-corrected chi connectivity index (χ2v) is 5.17. The van der Waals surface area contributed by atoms with Crippen LogP contribution in [0.25, 0.3) is 0 Å². The molecule has 4 nitrogen and oxygen atoms in total. The maximum atomic E-state index is 12.4. The smallest absolute Gasteiger partial charge is 0.314 e. The summed E-state index contributed by atoms with van der Waals surface area (Å²) in [6, 6.07) is 0.794. The lowest BCUT2D eigenvalue weighted by molar-refractivity contribution is -0.137. The zero-order valence-electron chi connectivity index (χ0n) is 8.38. The van der Waals surface area contributed by atoms with Crippen molar-refractivity contribution < 1.29 is 13.2 Å². The van der Waals surface area contributed by atoms with Gasteiger partial charge in [-0.05, 0) is 18.3 Å². The van der Waals surface area contributed by atoms with E-state index < -0.39 is 11.7 Å². The predicted octanol–water partition coefficient (Wildman–Crippen LogP) is 4.01. The summed E-state index contributed by atoms with van der Waals surface area (Å²) >= 11 is 11.6. The van der Waals surface area contributed by atoms with E-state index in [4.69, 9.17) is 23.8 Å². The number of nitrogens with one attached hydrogen (secondary N) is 2. The molecule has 10 heteroatoms. The first kappa shape index (κ1) is 13.2. The molecule has 2 aromatic heterocycles. The summed E-state index contributed by atoms with van der Waals surface area (Å²) in [4.78, 5) is 3.60. The number of halogens is 4. The zero-order chi connectivity index (χ0) is 13.3. The molecule has 18 heavy (non-hydrogen) atoms. The molecule has 0 aliphatic carbocycles. The second-order valence-electron chi connectivity index (χ2n) is 3.10. The van der Waals surface area contributed by atoms with Gasteiger partial charge in [0.2, 0.25) is 5.13 Å². The standard InChI is InChI=1S/C8H4ClF3N4S2/c9-4-1-3(8(10,11)12)2-13-5(4)14-6-15-16-7(17)18-6/h1-2H,(H,16,17)(H,13,14,15). The molecule has 96 valence electrons. The lowest BCUT2D eigenvalue weighted by Gasteiger charge is -2.08. The second kappa shape index (κ2) is 4.82. The Labute approximate surface area is 113 Å². The number of alkyl halides is 3. The summed E-state index contributed by atoms with van der Waals surface area (Å²) in [7, 11) is 0. The molecule has 0 aliphatic rings. The van der Waals surface area contributed by atoms with Crippen LogP contribution in [0, 0.1) is 3.95 Å². The van der Waals surface area contributed by atoms with Gasteiger partial charge in [-0.15, -0.1) is 5.10 Å². The highest BCUT2D eigenvalue weighted by Crippen LogP contribution is 2.33. The molecule has 2 N–H and O–H groups in total. The maximum Gasteiger partial charge on any atom is 0.417 e. The number of hydrogen-bond acceptors (Lipinski definition) is 5. The van der Waals surface area contributed by atoms with Crippen LogP contribution in [0.5, 0.6) is 0 Å². The average molecular weight is 313 g/mol. The molecule has 0 atom stereocenters. The fraction of sp³-hybridized carbons (Fsp3) is 0.125. The molecule has 0 aliphatic heterocycles. The number of H-pyrrole nitrogens is 1. The Morgan fingerprint density at radius 3 is 2.67 bits per heavy atom. The molecule has 0 radical (unpaired) electrons. The lowest BCUT2D eigenvalue weighted by atomic mass is 10.3. The topological polar surface area (TPSA) is 53.6 Å². The van der Waals surface area contributed by atoms with Crippen molar-refractivity contribution in [2.24, 2.45) is 0 Å². The first-order valence-electron chi connectivity index (χ1n) is 4.41. The van der Waals surface area contributed by atoms with Crippen LogP contribution in [-0.2, 0) is 6.18 Å². The normalized spacial score (nSPS) is 11.6. The number of nitrogens with zero attached hydrogens (tertiary/aromatic N) is 2. The van der Waals surface area contributed by atoms with Crippen LogP contribution in [-0.4, -0.2) is 15.2 Å². The van der Waals surface area contributed by atoms with Crippen molar-refractivity contribution in [3.63, 3.8) is 0 Å². The van der Waals surface area contributed by atoms with E-state index in [0.717, 1.165) is 17.4 Å². The zero-order valence-corrected chi connectivity index (χ0v) is 10.8. The lowest BCUT2D eigenvalue weighted by Crippen LogP contribution is -2.06. The van der Waals surface area contributed by atoms with E-state index in [2.05, 4.69) is 20.5 Å². The van der Waals surface area contributed by atoms with Crippen LogP contribution < -0.4 is 5.32 Å². The van der Waals surface area contributed by atoms with Crippen LogP contribution in [0.2, 0.25) is 5.02 Å². The molecule has 0 aromatic carbocycles. The molecule has 2 heterocycles. The van der Waals surface area contributed by atoms with Gasteiger partial charge in [-0.2, -0.15) is 13.2 Å². The van der Waals surface area contributed by atoms with Crippen LogP contribution >= 0.6 is 35.2 Å². The van der Waals surface area contributed by atoms with Gasteiger partial charge in [0.15, 0.2) is 9.77 Å². The highest BCUT2D eigenvalue weighted by atomic mass is 35.5. The predicted molar refractivity (Wildman–Crippen MR) is 64.8 cm³/mol. The van der Waals surface area contributed by atoms with Crippen LogP contribution in [0.4, 0.5) is 24.1 Å². The van der Waals surface area contributed by atoms with Crippen molar-refractivity contribution in [2.45, 2.75) is 6.18 Å². The van der Waals surface area contributed by atoms with E-state index in [1.54, 1.807) is 0 Å². The van der Waals surface area contributed by atoms with E-state index in [-0.39, 0.29) is 10.8 Å². The Kier molecular flexibility index (Phi) is 3.55. The first-order chi connectivity index (χ1) is 8.36. The van der Waals surface area contributed by atoms with E-state index in [1.165, 1.54) is 0 Å². The molecular formula is C8H4ClF3N4S2. The summed E-state index contributed by atoms with van der Waals surface area (Å²) in [5.41, 5.74) is -0.910. The largest absolute Gasteiger partial charge is 0.417 e. The van der Waals surface area contributed by atoms with Gasteiger partial charge in [0, 0.05) is 6.20 Å². The van der Waals surface area contributed by atoms with E-state index in [9.17, 15) is 13.2 Å². The Balaban J connectivity index is 2.28. The minimum Gasteiger partial charge on any atom is -0.314 e. The Morgan fingerprint density at radius 2 is 2.17 bits per heavy atom. The molecule has 0 amide bonds. The van der Waals surface area contributed by atoms with Crippen LogP contribution in [0.1, 0.15) is 5.56 Å². The quantitative estimate of drug-likeness (QED) is 0.823. The highest BCUT2D eigenvalue weighted by Gasteiger charge is 2.31. The van der Waals surface area contributed by atoms with E-state index in [1.807, 2.05) is 0 Å². The van der Waals surface area contributed by atoms with Gasteiger partial charge >= 0.3 is 6.18 Å². The van der Waals surface area contributed by atoms with Gasteiger partial charge in [0.25, 0.3) is 0 Å². The molecule has 2 rings (SSSR count). The minimum absolute atomic E-state index is 0.0856. The van der Waals surface area contributed by atoms with Gasteiger partial charge in [-0.3, -0.25) is 5.10 Å². The third kappa shape index (κ3) is 2.98. The highest BCUT2D eigenvalue weighted by molar-refractivity contribution is 7.73. The minimum atomic E-state index is -4.47. The van der Waals surface area contributed by atoms with Crippen molar-refractivity contribution in [2.75, 3.05) is 5.32 Å². The molecule has 0 spiro atoms. The van der Waals surface area contributed by atoms with Crippen molar-refractivity contribution in [1.29, 1.82) is 0 Å². The SMILES string of the molecule is FC(F)(F)c1cnc(Nc2n[nH]c(=S)s2)c(Cl)c1. The van der Waals surface area contributed by atoms with Gasteiger partial charge in [0.05, 0.1) is 10.6 Å². The van der Waals surface area contributed by atoms with E-state index >= 15 is 0 Å². The Morgan fingerprint density at radius 1 is 1.44 bits per heavy atom. The average Bonchev–Trinajstić information content (AvgIpc) is 2.65. The number of anilines is 2. The molecular weight excluding hydrogens is 309 g/mol. The summed E-state index contributed by atoms with van der Waals surface area (Å²) in [5, 5.41) is 9.19. The third-order valence-corrected chi connectivity index (χ3v) is 3.12. The number of rotatable bonds is 2. The fourth-order valence-electron chi connectivity index (χ4n) is 1.07. The van der Waals surface area contributed by atoms with Gasteiger partial charge in [-0.1, -0.05) is 22.9 Å². The molecule has 0 saturated heterocycles. The van der Waals surface area contributed by atoms with Gasteiger partial charge in [0.1, 0.15) is 0 Å². The van der Waals surface area contributed by atoms with Crippen molar-refractivity contribution >= 4 is 46.1 Å². The first-order valence-corrected chi connectivity index (χ1v) is 6.02. The fourth-order valence-corrected chi connectivity index (χ4v) is 2.07. The van der Waals surface area contributed by atoms with Crippen LogP contribution in [0.15, 0.2) is 12.3 Å². The summed E-state index contributed by atoms with van der Waals surface area (Å²) < 4.78 is 37.6. The van der Waals surface area contributed by atoms with E-state index in [0.29, 0.717) is 15.3 Å². The van der Waals surface area contributed by atoms with Crippen molar-refractivity contribution in [3.05, 3.63) is 26.8 Å². The molecule has 0 bridgehead atoms. The van der Waals surface area contributed by atoms with Gasteiger partial charge in [-0.25, -0.2) is 4.98 Å². The Hall–Kier alpha value is -1.19. The number of pyridine rings is 1. The summed E-state index contributed by atoms with van der Waals surface area (Å²) in [6.07, 6.45) is -3.78. The monoisotopic (exact) mass is 312 g/mol. The molecule has 2 aromatic rings. The van der Waals surface area contributed by atoms with Crippen LogP contribution in [0.3, 0.4) is 0 Å². The van der Waals surface area contributed by atoms with Gasteiger partial charge < -0.3 is 5.32 Å². The molecule has 0 saturated carbocycles. The summed E-state index contributed by atoms with van der Waals surface area (Å²) in [5.74, 6) is 0.0856. The number of aromatic nitrogens is 3. The van der Waals surface area contributed by atoms with Crippen molar-refractivity contribution in [1.82, 2.24) is 15.2 Å². The molecule has 0 unspecified atom stereocenters.